The third-order valence-corrected chi connectivity index (χ3v) is 6.80. The smallest absolute Gasteiger partial charge is 0.220 e. The van der Waals surface area contributed by atoms with E-state index in [1.165, 1.54) is 12.1 Å². The number of benzene rings is 1. The highest BCUT2D eigenvalue weighted by molar-refractivity contribution is 7.91. The summed E-state index contributed by atoms with van der Waals surface area (Å²) in [5.74, 6) is 0.226. The normalized spacial score (nSPS) is 24.8. The highest BCUT2D eigenvalue weighted by atomic mass is 32.2. The minimum Gasteiger partial charge on any atom is -0.349 e. The lowest BCUT2D eigenvalue weighted by molar-refractivity contribution is -0.123. The van der Waals surface area contributed by atoms with E-state index in [0.29, 0.717) is 12.3 Å². The van der Waals surface area contributed by atoms with Crippen molar-refractivity contribution in [1.82, 2.24) is 5.32 Å². The van der Waals surface area contributed by atoms with Crippen LogP contribution in [0.1, 0.15) is 43.7 Å². The van der Waals surface area contributed by atoms with Crippen molar-refractivity contribution in [2.75, 3.05) is 11.5 Å². The van der Waals surface area contributed by atoms with Crippen LogP contribution in [0.25, 0.3) is 0 Å². The molecule has 23 heavy (non-hydrogen) atoms. The molecule has 1 saturated heterocycles. The maximum absolute atomic E-state index is 13.1. The van der Waals surface area contributed by atoms with Gasteiger partial charge in [0, 0.05) is 6.42 Å². The number of amides is 1. The highest BCUT2D eigenvalue weighted by Crippen LogP contribution is 2.38. The zero-order valence-corrected chi connectivity index (χ0v) is 13.8. The first-order valence-corrected chi connectivity index (χ1v) is 10.0. The average molecular weight is 339 g/mol. The molecule has 2 atom stereocenters. The van der Waals surface area contributed by atoms with Gasteiger partial charge in [-0.1, -0.05) is 18.6 Å². The molecule has 0 radical (unpaired) electrons. The first kappa shape index (κ1) is 16.4. The summed E-state index contributed by atoms with van der Waals surface area (Å²) in [4.78, 5) is 12.3. The van der Waals surface area contributed by atoms with Gasteiger partial charge < -0.3 is 5.32 Å². The van der Waals surface area contributed by atoms with Gasteiger partial charge in [-0.2, -0.15) is 0 Å². The maximum Gasteiger partial charge on any atom is 0.220 e. The van der Waals surface area contributed by atoms with Crippen molar-refractivity contribution in [2.45, 2.75) is 38.1 Å². The molecular weight excluding hydrogens is 317 g/mol. The van der Waals surface area contributed by atoms with Crippen molar-refractivity contribution in [1.29, 1.82) is 0 Å². The van der Waals surface area contributed by atoms with E-state index in [4.69, 9.17) is 0 Å². The standard InChI is InChI=1S/C17H22FNO3S/c18-15-6-4-14(5-7-15)17(13-2-1-3-13)19-16(20)10-12-8-9-23(21,22)11-12/h4-7,12-13,17H,1-3,8-11H2,(H,19,20). The number of carbonyl (C=O) groups excluding carboxylic acids is 1. The molecule has 2 unspecified atom stereocenters. The minimum atomic E-state index is -2.96. The van der Waals surface area contributed by atoms with Gasteiger partial charge in [0.1, 0.15) is 5.82 Å². The first-order valence-electron chi connectivity index (χ1n) is 8.18. The Kier molecular flexibility index (Phi) is 4.71. The van der Waals surface area contributed by atoms with Gasteiger partial charge >= 0.3 is 0 Å². The summed E-state index contributed by atoms with van der Waals surface area (Å²) in [5.41, 5.74) is 0.920. The van der Waals surface area contributed by atoms with E-state index in [9.17, 15) is 17.6 Å². The van der Waals surface area contributed by atoms with Gasteiger partial charge in [-0.25, -0.2) is 12.8 Å². The van der Waals surface area contributed by atoms with Gasteiger partial charge in [0.05, 0.1) is 17.5 Å². The van der Waals surface area contributed by atoms with Gasteiger partial charge in [-0.05, 0) is 48.8 Å². The Balaban J connectivity index is 1.64. The van der Waals surface area contributed by atoms with Crippen LogP contribution in [-0.2, 0) is 14.6 Å². The van der Waals surface area contributed by atoms with Crippen LogP contribution in [-0.4, -0.2) is 25.8 Å². The van der Waals surface area contributed by atoms with Gasteiger partial charge in [-0.15, -0.1) is 0 Å². The largest absolute Gasteiger partial charge is 0.349 e. The lowest BCUT2D eigenvalue weighted by atomic mass is 9.77. The number of rotatable bonds is 5. The predicted molar refractivity (Wildman–Crippen MR) is 86.0 cm³/mol. The van der Waals surface area contributed by atoms with Crippen LogP contribution in [0.5, 0.6) is 0 Å². The van der Waals surface area contributed by atoms with Crippen LogP contribution in [0.2, 0.25) is 0 Å². The summed E-state index contributed by atoms with van der Waals surface area (Å²) in [7, 11) is -2.96. The fourth-order valence-corrected chi connectivity index (χ4v) is 5.31. The van der Waals surface area contributed by atoms with Crippen LogP contribution in [0, 0.1) is 17.7 Å². The lowest BCUT2D eigenvalue weighted by Gasteiger charge is -2.35. The Morgan fingerprint density at radius 3 is 2.43 bits per heavy atom. The molecule has 6 heteroatoms. The maximum atomic E-state index is 13.1. The molecule has 2 fully saturated rings. The third-order valence-electron chi connectivity index (χ3n) is 4.97. The van der Waals surface area contributed by atoms with E-state index in [2.05, 4.69) is 5.32 Å². The predicted octanol–water partition coefficient (Wildman–Crippen LogP) is 2.61. The topological polar surface area (TPSA) is 63.2 Å². The van der Waals surface area contributed by atoms with E-state index in [0.717, 1.165) is 24.8 Å². The monoisotopic (exact) mass is 339 g/mol. The Bertz CT molecular complexity index is 668. The Hall–Kier alpha value is -1.43. The van der Waals surface area contributed by atoms with E-state index in [1.54, 1.807) is 12.1 Å². The fourth-order valence-electron chi connectivity index (χ4n) is 3.44. The van der Waals surface area contributed by atoms with E-state index >= 15 is 0 Å². The molecule has 0 aromatic heterocycles. The molecule has 1 saturated carbocycles. The van der Waals surface area contributed by atoms with Crippen molar-refractivity contribution >= 4 is 15.7 Å². The minimum absolute atomic E-state index is 0.0738. The quantitative estimate of drug-likeness (QED) is 0.897. The fraction of sp³-hybridized carbons (Fsp3) is 0.588. The van der Waals surface area contributed by atoms with Crippen molar-refractivity contribution in [2.24, 2.45) is 11.8 Å². The van der Waals surface area contributed by atoms with Crippen molar-refractivity contribution in [3.63, 3.8) is 0 Å². The third kappa shape index (κ3) is 4.10. The summed E-state index contributed by atoms with van der Waals surface area (Å²) in [6.45, 7) is 0. The van der Waals surface area contributed by atoms with Crippen LogP contribution < -0.4 is 5.32 Å². The Morgan fingerprint density at radius 2 is 1.91 bits per heavy atom. The highest BCUT2D eigenvalue weighted by Gasteiger charge is 2.32. The molecular formula is C17H22FNO3S. The Morgan fingerprint density at radius 1 is 1.22 bits per heavy atom. The van der Waals surface area contributed by atoms with Crippen LogP contribution in [0.15, 0.2) is 24.3 Å². The second-order valence-corrected chi connectivity index (χ2v) is 8.99. The van der Waals surface area contributed by atoms with Crippen LogP contribution >= 0.6 is 0 Å². The van der Waals surface area contributed by atoms with Gasteiger partial charge in [0.25, 0.3) is 0 Å². The van der Waals surface area contributed by atoms with E-state index in [1.807, 2.05) is 0 Å². The summed E-state index contributed by atoms with van der Waals surface area (Å²) >= 11 is 0. The zero-order chi connectivity index (χ0) is 16.4. The average Bonchev–Trinajstić information content (AvgIpc) is 2.76. The number of hydrogen-bond donors (Lipinski definition) is 1. The molecule has 0 bridgehead atoms. The molecule has 4 nitrogen and oxygen atoms in total. The summed E-state index contributed by atoms with van der Waals surface area (Å²) < 4.78 is 36.1. The van der Waals surface area contributed by atoms with Crippen molar-refractivity contribution in [3.8, 4) is 0 Å². The molecule has 1 aliphatic heterocycles. The van der Waals surface area contributed by atoms with Gasteiger partial charge in [0.15, 0.2) is 9.84 Å². The molecule has 2 aliphatic rings. The van der Waals surface area contributed by atoms with Gasteiger partial charge in [-0.3, -0.25) is 4.79 Å². The molecule has 1 aliphatic carbocycles. The molecule has 1 amide bonds. The van der Waals surface area contributed by atoms with E-state index in [-0.39, 0.29) is 41.6 Å². The first-order chi connectivity index (χ1) is 10.9. The lowest BCUT2D eigenvalue weighted by Crippen LogP contribution is -2.37. The van der Waals surface area contributed by atoms with Gasteiger partial charge in [0.2, 0.25) is 5.91 Å². The number of hydrogen-bond acceptors (Lipinski definition) is 3. The molecule has 1 heterocycles. The molecule has 0 spiro atoms. The number of nitrogens with one attached hydrogen (secondary N) is 1. The second kappa shape index (κ2) is 6.59. The van der Waals surface area contributed by atoms with E-state index < -0.39 is 9.84 Å². The number of sulfone groups is 1. The molecule has 126 valence electrons. The number of carbonyl (C=O) groups is 1. The van der Waals surface area contributed by atoms with Crippen molar-refractivity contribution < 1.29 is 17.6 Å². The van der Waals surface area contributed by atoms with Crippen LogP contribution in [0.3, 0.4) is 0 Å². The summed E-state index contributed by atoms with van der Waals surface area (Å²) in [5, 5.41) is 3.05. The molecule has 1 aromatic rings. The molecule has 3 rings (SSSR count). The summed E-state index contributed by atoms with van der Waals surface area (Å²) in [6.07, 6.45) is 4.09. The van der Waals surface area contributed by atoms with Crippen molar-refractivity contribution in [3.05, 3.63) is 35.6 Å². The number of halogens is 1. The second-order valence-electron chi connectivity index (χ2n) is 6.76. The zero-order valence-electron chi connectivity index (χ0n) is 13.0. The Labute approximate surface area is 136 Å². The molecule has 1 aromatic carbocycles. The summed E-state index contributed by atoms with van der Waals surface area (Å²) in [6, 6.07) is 6.17. The van der Waals surface area contributed by atoms with Crippen LogP contribution in [0.4, 0.5) is 4.39 Å². The SMILES string of the molecule is O=C(CC1CCS(=O)(=O)C1)NC(c1ccc(F)cc1)C1CCC1. The molecule has 1 N–H and O–H groups in total.